The monoisotopic (exact) mass is 798 g/mol. The van der Waals surface area contributed by atoms with E-state index in [0.717, 1.165) is 77.7 Å². The van der Waals surface area contributed by atoms with Crippen LogP contribution in [0.15, 0.2) is 119 Å². The van der Waals surface area contributed by atoms with Crippen molar-refractivity contribution >= 4 is 44.0 Å². The number of benzene rings is 5. The molecule has 0 saturated carbocycles. The molecule has 4 aromatic carbocycles. The van der Waals surface area contributed by atoms with E-state index < -0.39 is 10.0 Å². The van der Waals surface area contributed by atoms with Crippen molar-refractivity contribution in [1.29, 1.82) is 0 Å². The molecule has 0 N–H and O–H groups in total. The van der Waals surface area contributed by atoms with Gasteiger partial charge in [-0.2, -0.15) is 17.4 Å². The Kier molecular flexibility index (Phi) is 10.8. The van der Waals surface area contributed by atoms with E-state index in [1.807, 2.05) is 18.2 Å². The summed E-state index contributed by atoms with van der Waals surface area (Å²) in [5.41, 5.74) is 12.5. The zero-order chi connectivity index (χ0) is 37.9. The van der Waals surface area contributed by atoms with Gasteiger partial charge in [-0.1, -0.05) is 54.6 Å². The number of piperidine rings is 1. The number of fused-ring (bicyclic) bond motifs is 4. The van der Waals surface area contributed by atoms with Gasteiger partial charge in [-0.15, -0.1) is 0 Å². The molecule has 5 aliphatic heterocycles. The number of carbonyl (C=O) groups excluding carboxylic acids is 1. The summed E-state index contributed by atoms with van der Waals surface area (Å²) in [6.07, 6.45) is 6.15. The molecular weight excluding hydrogens is 759 g/mol. The van der Waals surface area contributed by atoms with E-state index >= 15 is 0 Å². The Hall–Kier alpha value is -4.98. The van der Waals surface area contributed by atoms with E-state index in [9.17, 15) is 13.2 Å². The Bertz CT molecular complexity index is 2540. The summed E-state index contributed by atoms with van der Waals surface area (Å²) in [7, 11) is -3.72. The van der Waals surface area contributed by atoms with Gasteiger partial charge in [0, 0.05) is 83.2 Å². The van der Waals surface area contributed by atoms with Crippen molar-refractivity contribution in [1.82, 2.24) is 8.88 Å². The van der Waals surface area contributed by atoms with Gasteiger partial charge in [-0.05, 0) is 55.4 Å². The zero-order valence-electron chi connectivity index (χ0n) is 30.0. The summed E-state index contributed by atoms with van der Waals surface area (Å²) >= 11 is 2.31. The second-order valence-electron chi connectivity index (χ2n) is 13.7. The van der Waals surface area contributed by atoms with Gasteiger partial charge in [0.25, 0.3) is 0 Å². The Labute approximate surface area is 328 Å². The molecule has 1 amide bonds. The van der Waals surface area contributed by atoms with Crippen molar-refractivity contribution in [2.75, 3.05) is 37.7 Å². The van der Waals surface area contributed by atoms with Crippen molar-refractivity contribution in [2.24, 2.45) is 0 Å². The third kappa shape index (κ3) is 7.16. The Balaban J connectivity index is 0.000000483. The van der Waals surface area contributed by atoms with E-state index in [0.29, 0.717) is 36.6 Å². The summed E-state index contributed by atoms with van der Waals surface area (Å²) in [4.78, 5) is 17.0. The quantitative estimate of drug-likeness (QED) is 0.102. The average molecular weight is 799 g/mol. The molecule has 2 fully saturated rings. The van der Waals surface area contributed by atoms with Crippen molar-refractivity contribution in [3.8, 4) is 22.5 Å². The van der Waals surface area contributed by atoms with Crippen LogP contribution in [0.2, 0.25) is 0 Å². The molecule has 6 aliphatic rings. The van der Waals surface area contributed by atoms with Crippen LogP contribution in [0.25, 0.3) is 38.9 Å². The van der Waals surface area contributed by atoms with Crippen molar-refractivity contribution in [3.63, 3.8) is 0 Å². The Morgan fingerprint density at radius 1 is 0.764 bits per heavy atom. The third-order valence-electron chi connectivity index (χ3n) is 10.6. The van der Waals surface area contributed by atoms with E-state index in [2.05, 4.69) is 127 Å². The molecule has 5 heterocycles. The van der Waals surface area contributed by atoms with E-state index in [1.54, 1.807) is 10.4 Å². The normalized spacial score (nSPS) is 17.5. The maximum atomic E-state index is 14.2. The SMILES string of the molecule is O=C1CCO[N-]1.O=S(=O)(c1ccccc1-c1c2ccc(=[N+]3CCc4ccccc43)cc-2oc2cc(N3CCc4ccccc43)ccc12)N1CC[CH-]CC1.[O]=[Co]. The molecule has 12 heteroatoms. The summed E-state index contributed by atoms with van der Waals surface area (Å²) in [6, 6.07) is 37.3. The molecule has 10 rings (SSSR count). The predicted molar refractivity (Wildman–Crippen MR) is 207 cm³/mol. The van der Waals surface area contributed by atoms with Crippen LogP contribution in [0.5, 0.6) is 0 Å². The van der Waals surface area contributed by atoms with Crippen LogP contribution in [-0.2, 0) is 52.0 Å². The number of amides is 1. The van der Waals surface area contributed by atoms with Crippen LogP contribution in [0.1, 0.15) is 30.4 Å². The summed E-state index contributed by atoms with van der Waals surface area (Å²) in [5.74, 6) is 0.586. The molecule has 55 heavy (non-hydrogen) atoms. The number of hydrogen-bond acceptors (Lipinski definition) is 7. The van der Waals surface area contributed by atoms with E-state index in [1.165, 1.54) is 22.5 Å². The Morgan fingerprint density at radius 3 is 2.31 bits per heavy atom. The number of carbonyl (C=O) groups is 1. The van der Waals surface area contributed by atoms with Gasteiger partial charge in [0.15, 0.2) is 6.54 Å². The van der Waals surface area contributed by atoms with Crippen molar-refractivity contribution in [2.45, 2.75) is 37.0 Å². The van der Waals surface area contributed by atoms with Gasteiger partial charge >= 0.3 is 19.5 Å². The van der Waals surface area contributed by atoms with Crippen LogP contribution in [0, 0.1) is 6.42 Å². The zero-order valence-corrected chi connectivity index (χ0v) is 31.9. The van der Waals surface area contributed by atoms with Gasteiger partial charge in [0.2, 0.25) is 21.1 Å². The van der Waals surface area contributed by atoms with Gasteiger partial charge in [0.1, 0.15) is 11.3 Å². The second kappa shape index (κ2) is 16.0. The average Bonchev–Trinajstić information content (AvgIpc) is 4.01. The molecule has 0 unspecified atom stereocenters. The summed E-state index contributed by atoms with van der Waals surface area (Å²) < 4.78 is 47.2. The molecule has 0 atom stereocenters. The number of nitrogens with zero attached hydrogens (tertiary/aromatic N) is 4. The van der Waals surface area contributed by atoms with Gasteiger partial charge in [-0.3, -0.25) is 0 Å². The first-order valence-electron chi connectivity index (χ1n) is 18.4. The second-order valence-corrected chi connectivity index (χ2v) is 15.6. The fourth-order valence-electron chi connectivity index (χ4n) is 8.01. The van der Waals surface area contributed by atoms with Crippen molar-refractivity contribution in [3.05, 3.63) is 138 Å². The minimum absolute atomic E-state index is 0.144. The first kappa shape index (κ1) is 37.0. The number of hydroxylamine groups is 1. The summed E-state index contributed by atoms with van der Waals surface area (Å²) in [6.45, 7) is 3.28. The predicted octanol–water partition coefficient (Wildman–Crippen LogP) is 7.65. The van der Waals surface area contributed by atoms with Gasteiger partial charge < -0.3 is 30.9 Å². The Morgan fingerprint density at radius 2 is 1.53 bits per heavy atom. The fourth-order valence-corrected chi connectivity index (χ4v) is 9.68. The molecule has 0 spiro atoms. The fraction of sp³-hybridized carbons (Fsp3) is 0.233. The number of sulfonamides is 1. The molecule has 4 aromatic rings. The molecule has 0 radical (unpaired) electrons. The van der Waals surface area contributed by atoms with Crippen LogP contribution < -0.4 is 14.8 Å². The van der Waals surface area contributed by atoms with Gasteiger partial charge in [0.05, 0.1) is 16.9 Å². The standard InChI is InChI=1S/C40H35N3O3S.C3H5NO2.Co.O/c44-47(45,41-22-8-1-9-23-41)39-15-7-4-12-34(39)40-32-18-16-30(42-24-20-28-10-2-5-13-35(28)42)26-37(32)46-38-27-31(17-19-33(38)40)43-25-21-29-11-3-6-14-36(29)43;5-3-1-2-6-4-3;;/h1-7,10-19,26-27H,8-9,20-25H2;1-2H2,(H,4,5);;/p-1. The molecule has 0 bridgehead atoms. The molecule has 10 nitrogen and oxygen atoms in total. The number of rotatable bonds is 4. The third-order valence-corrected chi connectivity index (χ3v) is 12.6. The molecule has 2 saturated heterocycles. The van der Waals surface area contributed by atoms with Crippen LogP contribution >= 0.6 is 0 Å². The molecule has 283 valence electrons. The van der Waals surface area contributed by atoms with E-state index in [4.69, 9.17) is 8.28 Å². The molecular formula is C43H39CoN4O6S-. The summed E-state index contributed by atoms with van der Waals surface area (Å²) in [5, 5.41) is 1.95. The number of para-hydroxylation sites is 2. The number of anilines is 2. The van der Waals surface area contributed by atoms with E-state index in [-0.39, 0.29) is 5.91 Å². The first-order chi connectivity index (χ1) is 27.0. The number of hydrogen-bond donors (Lipinski definition) is 0. The molecule has 1 aliphatic carbocycles. The minimum atomic E-state index is -3.72. The van der Waals surface area contributed by atoms with Crippen LogP contribution in [0.4, 0.5) is 17.1 Å². The van der Waals surface area contributed by atoms with Gasteiger partial charge in [-0.25, -0.2) is 12.7 Å². The first-order valence-corrected chi connectivity index (χ1v) is 20.3. The topological polar surface area (TPSA) is 114 Å². The molecule has 0 aromatic heterocycles. The van der Waals surface area contributed by atoms with Crippen LogP contribution in [0.3, 0.4) is 0 Å². The van der Waals surface area contributed by atoms with Crippen molar-refractivity contribution < 1.29 is 42.0 Å². The maximum absolute atomic E-state index is 14.2. The van der Waals surface area contributed by atoms with Crippen LogP contribution in [-0.4, -0.2) is 51.4 Å².